The molecule has 0 aliphatic heterocycles. The van der Waals surface area contributed by atoms with E-state index in [-0.39, 0.29) is 17.0 Å². The van der Waals surface area contributed by atoms with Crippen LogP contribution in [-0.4, -0.2) is 11.8 Å². The van der Waals surface area contributed by atoms with Crippen molar-refractivity contribution in [1.82, 2.24) is 0 Å². The van der Waals surface area contributed by atoms with E-state index in [1.54, 1.807) is 0 Å². The topological polar surface area (TPSA) is 43.1 Å². The first-order valence-corrected chi connectivity index (χ1v) is 5.53. The molecule has 0 heterocycles. The highest BCUT2D eigenvalue weighted by atomic mass is 79.9. The van der Waals surface area contributed by atoms with Gasteiger partial charge < -0.3 is 5.73 Å². The molecule has 16 heavy (non-hydrogen) atoms. The van der Waals surface area contributed by atoms with Gasteiger partial charge in [-0.2, -0.15) is 0 Å². The van der Waals surface area contributed by atoms with E-state index >= 15 is 0 Å². The number of carbonyl (C=O) groups excluding carboxylic acids is 1. The van der Waals surface area contributed by atoms with Crippen LogP contribution in [0.3, 0.4) is 0 Å². The molecule has 0 fully saturated rings. The summed E-state index contributed by atoms with van der Waals surface area (Å²) >= 11 is 8.70. The van der Waals surface area contributed by atoms with Gasteiger partial charge in [-0.05, 0) is 28.1 Å². The molecule has 1 rings (SSSR count). The molecule has 0 aromatic heterocycles. The summed E-state index contributed by atoms with van der Waals surface area (Å²) < 4.78 is 14.0. The normalized spacial score (nSPS) is 11.9. The minimum absolute atomic E-state index is 0.0615. The highest BCUT2D eigenvalue weighted by Gasteiger charge is 2.21. The highest BCUT2D eigenvalue weighted by molar-refractivity contribution is 9.10. The van der Waals surface area contributed by atoms with Gasteiger partial charge in [0.05, 0.1) is 16.6 Å². The summed E-state index contributed by atoms with van der Waals surface area (Å²) in [6.07, 6.45) is 5.09. The summed E-state index contributed by atoms with van der Waals surface area (Å²) in [5, 5.41) is -0.140. The van der Waals surface area contributed by atoms with Crippen molar-refractivity contribution >= 4 is 33.3 Å². The molecular formula is C11H8BrClFNO. The molecule has 0 saturated carbocycles. The van der Waals surface area contributed by atoms with Gasteiger partial charge in [-0.3, -0.25) is 4.79 Å². The van der Waals surface area contributed by atoms with Gasteiger partial charge in [0.15, 0.2) is 11.6 Å². The fourth-order valence-corrected chi connectivity index (χ4v) is 1.61. The van der Waals surface area contributed by atoms with E-state index in [1.807, 2.05) is 0 Å². The summed E-state index contributed by atoms with van der Waals surface area (Å²) in [5.41, 5.74) is 5.36. The van der Waals surface area contributed by atoms with Gasteiger partial charge in [0.25, 0.3) is 0 Å². The fraction of sp³-hybridized carbons (Fsp3) is 0.182. The predicted octanol–water partition coefficient (Wildman–Crippen LogP) is 2.77. The van der Waals surface area contributed by atoms with Crippen LogP contribution in [0.4, 0.5) is 4.39 Å². The van der Waals surface area contributed by atoms with E-state index in [0.29, 0.717) is 4.47 Å². The number of ketones is 1. The summed E-state index contributed by atoms with van der Waals surface area (Å²) in [5.74, 6) is 0.918. The monoisotopic (exact) mass is 303 g/mol. The maximum absolute atomic E-state index is 13.6. The van der Waals surface area contributed by atoms with Gasteiger partial charge in [0, 0.05) is 10.9 Å². The van der Waals surface area contributed by atoms with Crippen molar-refractivity contribution in [2.24, 2.45) is 5.73 Å². The van der Waals surface area contributed by atoms with Gasteiger partial charge in [-0.25, -0.2) is 4.39 Å². The van der Waals surface area contributed by atoms with E-state index in [2.05, 4.69) is 21.9 Å². The smallest absolute Gasteiger partial charge is 0.183 e. The van der Waals surface area contributed by atoms with Crippen LogP contribution in [-0.2, 0) is 0 Å². The van der Waals surface area contributed by atoms with Gasteiger partial charge in [0.1, 0.15) is 0 Å². The Morgan fingerprint density at radius 1 is 1.69 bits per heavy atom. The first-order valence-electron chi connectivity index (χ1n) is 4.35. The second kappa shape index (κ2) is 5.44. The molecule has 2 nitrogen and oxygen atoms in total. The van der Waals surface area contributed by atoms with Crippen LogP contribution in [0.2, 0.25) is 5.02 Å². The average molecular weight is 305 g/mol. The molecule has 1 aromatic rings. The lowest BCUT2D eigenvalue weighted by Crippen LogP contribution is -2.30. The van der Waals surface area contributed by atoms with Gasteiger partial charge >= 0.3 is 0 Å². The summed E-state index contributed by atoms with van der Waals surface area (Å²) in [7, 11) is 0. The third-order valence-electron chi connectivity index (χ3n) is 1.98. The number of terminal acetylenes is 1. The lowest BCUT2D eigenvalue weighted by molar-refractivity contribution is 0.0959. The van der Waals surface area contributed by atoms with Crippen molar-refractivity contribution in [1.29, 1.82) is 0 Å². The zero-order chi connectivity index (χ0) is 12.3. The Balaban J connectivity index is 3.11. The zero-order valence-electron chi connectivity index (χ0n) is 8.14. The minimum Gasteiger partial charge on any atom is -0.320 e. The molecule has 0 aliphatic rings. The first-order chi connectivity index (χ1) is 7.49. The molecule has 2 N–H and O–H groups in total. The van der Waals surface area contributed by atoms with Crippen molar-refractivity contribution in [3.8, 4) is 12.3 Å². The Morgan fingerprint density at radius 3 is 2.88 bits per heavy atom. The molecule has 0 amide bonds. The van der Waals surface area contributed by atoms with Crippen LogP contribution >= 0.6 is 27.5 Å². The Hall–Kier alpha value is -0.890. The molecule has 0 radical (unpaired) electrons. The highest BCUT2D eigenvalue weighted by Crippen LogP contribution is 2.28. The Kier molecular flexibility index (Phi) is 4.48. The van der Waals surface area contributed by atoms with E-state index in [1.165, 1.54) is 12.1 Å². The molecule has 0 saturated heterocycles. The molecule has 1 unspecified atom stereocenters. The number of halogens is 3. The second-order valence-electron chi connectivity index (χ2n) is 3.10. The first kappa shape index (κ1) is 13.2. The number of rotatable bonds is 3. The van der Waals surface area contributed by atoms with Crippen LogP contribution in [0, 0.1) is 18.2 Å². The Labute approximate surface area is 106 Å². The molecule has 84 valence electrons. The third kappa shape index (κ3) is 2.62. The maximum Gasteiger partial charge on any atom is 0.183 e. The van der Waals surface area contributed by atoms with Crippen LogP contribution in [0.1, 0.15) is 16.8 Å². The molecular weight excluding hydrogens is 296 g/mol. The molecule has 5 heteroatoms. The maximum atomic E-state index is 13.6. The molecule has 0 aliphatic carbocycles. The second-order valence-corrected chi connectivity index (χ2v) is 4.33. The largest absolute Gasteiger partial charge is 0.320 e. The lowest BCUT2D eigenvalue weighted by Gasteiger charge is -2.09. The SMILES string of the molecule is C#CCC(N)C(=O)c1ccc(Br)c(Cl)c1F. The van der Waals surface area contributed by atoms with E-state index in [9.17, 15) is 9.18 Å². The Morgan fingerprint density at radius 2 is 2.31 bits per heavy atom. The number of Topliss-reactive ketones (excluding diaryl/α,β-unsaturated/α-hetero) is 1. The van der Waals surface area contributed by atoms with Gasteiger partial charge in [0.2, 0.25) is 0 Å². The Bertz CT molecular complexity index is 470. The number of hydrogen-bond acceptors (Lipinski definition) is 2. The van der Waals surface area contributed by atoms with Gasteiger partial charge in [-0.1, -0.05) is 11.6 Å². The van der Waals surface area contributed by atoms with Crippen LogP contribution < -0.4 is 5.73 Å². The van der Waals surface area contributed by atoms with Crippen molar-refractivity contribution in [2.75, 3.05) is 0 Å². The standard InChI is InChI=1S/C11H8BrClFNO/c1-2-3-8(15)11(16)6-4-5-7(12)9(13)10(6)14/h1,4-5,8H,3,15H2. The van der Waals surface area contributed by atoms with Crippen molar-refractivity contribution in [2.45, 2.75) is 12.5 Å². The molecule has 0 spiro atoms. The summed E-state index contributed by atoms with van der Waals surface area (Å²) in [4.78, 5) is 11.7. The zero-order valence-corrected chi connectivity index (χ0v) is 10.5. The molecule has 1 atom stereocenters. The number of nitrogens with two attached hydrogens (primary N) is 1. The average Bonchev–Trinajstić information content (AvgIpc) is 2.26. The van der Waals surface area contributed by atoms with E-state index in [4.69, 9.17) is 23.8 Å². The minimum atomic E-state index is -0.906. The summed E-state index contributed by atoms with van der Waals surface area (Å²) in [6, 6.07) is 1.90. The molecule has 0 bridgehead atoms. The van der Waals surface area contributed by atoms with Crippen LogP contribution in [0.5, 0.6) is 0 Å². The van der Waals surface area contributed by atoms with Gasteiger partial charge in [-0.15, -0.1) is 12.3 Å². The number of benzene rings is 1. The van der Waals surface area contributed by atoms with Crippen LogP contribution in [0.15, 0.2) is 16.6 Å². The number of carbonyl (C=O) groups is 1. The quantitative estimate of drug-likeness (QED) is 0.530. The van der Waals surface area contributed by atoms with Crippen LogP contribution in [0.25, 0.3) is 0 Å². The van der Waals surface area contributed by atoms with Crippen molar-refractivity contribution in [3.63, 3.8) is 0 Å². The summed E-state index contributed by atoms with van der Waals surface area (Å²) in [6.45, 7) is 0. The van der Waals surface area contributed by atoms with E-state index < -0.39 is 17.6 Å². The predicted molar refractivity (Wildman–Crippen MR) is 64.9 cm³/mol. The lowest BCUT2D eigenvalue weighted by atomic mass is 10.0. The molecule has 1 aromatic carbocycles. The fourth-order valence-electron chi connectivity index (χ4n) is 1.14. The van der Waals surface area contributed by atoms with Crippen molar-refractivity contribution < 1.29 is 9.18 Å². The third-order valence-corrected chi connectivity index (χ3v) is 3.23. The van der Waals surface area contributed by atoms with Crippen molar-refractivity contribution in [3.05, 3.63) is 33.0 Å². The number of hydrogen-bond donors (Lipinski definition) is 1. The van der Waals surface area contributed by atoms with E-state index in [0.717, 1.165) is 0 Å².